The van der Waals surface area contributed by atoms with E-state index in [4.69, 9.17) is 4.74 Å². The molecule has 11 heteroatoms. The summed E-state index contributed by atoms with van der Waals surface area (Å²) in [5, 5.41) is 7.89. The first kappa shape index (κ1) is 23.8. The molecule has 1 saturated heterocycles. The Morgan fingerprint density at radius 2 is 1.88 bits per heavy atom. The molecule has 0 bridgehead atoms. The Labute approximate surface area is 194 Å². The summed E-state index contributed by atoms with van der Waals surface area (Å²) in [4.78, 5) is 21.3. The number of carbonyl (C=O) groups excluding carboxylic acids is 1. The molecular weight excluding hydrogens is 449 g/mol. The topological polar surface area (TPSA) is 76.4 Å². The van der Waals surface area contributed by atoms with E-state index < -0.39 is 11.7 Å². The predicted molar refractivity (Wildman–Crippen MR) is 117 cm³/mol. The molecule has 2 aromatic heterocycles. The molecule has 1 aromatic carbocycles. The van der Waals surface area contributed by atoms with E-state index in [-0.39, 0.29) is 23.5 Å². The molecule has 0 aliphatic carbocycles. The van der Waals surface area contributed by atoms with E-state index >= 15 is 0 Å². The zero-order chi connectivity index (χ0) is 24.1. The monoisotopic (exact) mass is 474 g/mol. The number of nitrogens with zero attached hydrogens (tertiary/aromatic N) is 6. The lowest BCUT2D eigenvalue weighted by Gasteiger charge is -2.34. The number of ether oxygens (including phenoxy) is 1. The maximum atomic E-state index is 13.5. The van der Waals surface area contributed by atoms with Crippen molar-refractivity contribution in [2.24, 2.45) is 0 Å². The standard InChI is InChI=1S/C23H25F3N6O2/c1-17(14-30-9-11-34-12-10-30)31(15-18-5-3-2-4-6-18)22(33)20-16-32(29-28-20)21-8-7-19(13-27-21)23(24,25)26/h2-8,13,16-17H,9-12,14-15H2,1H3. The van der Waals surface area contributed by atoms with Crippen LogP contribution in [-0.2, 0) is 17.5 Å². The highest BCUT2D eigenvalue weighted by atomic mass is 19.4. The van der Waals surface area contributed by atoms with Gasteiger partial charge in [-0.05, 0) is 24.6 Å². The van der Waals surface area contributed by atoms with Gasteiger partial charge in [-0.3, -0.25) is 9.69 Å². The van der Waals surface area contributed by atoms with Crippen LogP contribution in [0.2, 0.25) is 0 Å². The number of rotatable bonds is 7. The third-order valence-electron chi connectivity index (χ3n) is 5.64. The van der Waals surface area contributed by atoms with Crippen molar-refractivity contribution in [2.75, 3.05) is 32.8 Å². The summed E-state index contributed by atoms with van der Waals surface area (Å²) in [6, 6.07) is 11.6. The number of hydrogen-bond donors (Lipinski definition) is 0. The molecular formula is C23H25F3N6O2. The molecule has 0 N–H and O–H groups in total. The summed E-state index contributed by atoms with van der Waals surface area (Å²) in [7, 11) is 0. The lowest BCUT2D eigenvalue weighted by Crippen LogP contribution is -2.48. The van der Waals surface area contributed by atoms with E-state index in [0.29, 0.717) is 26.3 Å². The highest BCUT2D eigenvalue weighted by Gasteiger charge is 2.31. The molecule has 180 valence electrons. The van der Waals surface area contributed by atoms with Crippen molar-refractivity contribution in [3.8, 4) is 5.82 Å². The molecule has 1 amide bonds. The van der Waals surface area contributed by atoms with E-state index in [1.807, 2.05) is 37.3 Å². The van der Waals surface area contributed by atoms with Gasteiger partial charge in [-0.2, -0.15) is 13.2 Å². The second-order valence-electron chi connectivity index (χ2n) is 8.13. The summed E-state index contributed by atoms with van der Waals surface area (Å²) in [5.41, 5.74) is 0.201. The largest absolute Gasteiger partial charge is 0.417 e. The van der Waals surface area contributed by atoms with Crippen LogP contribution >= 0.6 is 0 Å². The molecule has 0 radical (unpaired) electrons. The molecule has 3 aromatic rings. The van der Waals surface area contributed by atoms with Gasteiger partial charge in [-0.25, -0.2) is 9.67 Å². The van der Waals surface area contributed by atoms with Crippen molar-refractivity contribution in [1.82, 2.24) is 29.8 Å². The van der Waals surface area contributed by atoms with Crippen LogP contribution in [0.25, 0.3) is 5.82 Å². The van der Waals surface area contributed by atoms with E-state index in [1.165, 1.54) is 16.9 Å². The first-order chi connectivity index (χ1) is 16.3. The number of aromatic nitrogens is 4. The van der Waals surface area contributed by atoms with Gasteiger partial charge in [0, 0.05) is 38.4 Å². The lowest BCUT2D eigenvalue weighted by atomic mass is 10.1. The normalized spacial score (nSPS) is 15.8. The van der Waals surface area contributed by atoms with Gasteiger partial charge in [-0.1, -0.05) is 35.5 Å². The SMILES string of the molecule is CC(CN1CCOCC1)N(Cc1ccccc1)C(=O)c1cn(-c2ccc(C(F)(F)F)cn2)nn1. The van der Waals surface area contributed by atoms with Gasteiger partial charge in [0.1, 0.15) is 0 Å². The molecule has 1 fully saturated rings. The van der Waals surface area contributed by atoms with E-state index in [9.17, 15) is 18.0 Å². The van der Waals surface area contributed by atoms with Crippen molar-refractivity contribution in [1.29, 1.82) is 0 Å². The molecule has 0 saturated carbocycles. The highest BCUT2D eigenvalue weighted by molar-refractivity contribution is 5.92. The summed E-state index contributed by atoms with van der Waals surface area (Å²) in [6.07, 6.45) is -2.37. The summed E-state index contributed by atoms with van der Waals surface area (Å²) in [6.45, 7) is 5.97. The minimum atomic E-state index is -4.48. The van der Waals surface area contributed by atoms with Gasteiger partial charge in [0.25, 0.3) is 5.91 Å². The van der Waals surface area contributed by atoms with Gasteiger partial charge in [0.2, 0.25) is 0 Å². The van der Waals surface area contributed by atoms with Gasteiger partial charge < -0.3 is 9.64 Å². The van der Waals surface area contributed by atoms with Crippen LogP contribution in [0.5, 0.6) is 0 Å². The van der Waals surface area contributed by atoms with E-state index in [2.05, 4.69) is 20.2 Å². The van der Waals surface area contributed by atoms with Gasteiger partial charge in [0.05, 0.1) is 25.0 Å². The smallest absolute Gasteiger partial charge is 0.379 e. The van der Waals surface area contributed by atoms with Crippen LogP contribution in [0.4, 0.5) is 13.2 Å². The number of morpholine rings is 1. The van der Waals surface area contributed by atoms with Crippen molar-refractivity contribution < 1.29 is 22.7 Å². The third-order valence-corrected chi connectivity index (χ3v) is 5.64. The highest BCUT2D eigenvalue weighted by Crippen LogP contribution is 2.28. The van der Waals surface area contributed by atoms with Gasteiger partial charge >= 0.3 is 6.18 Å². The lowest BCUT2D eigenvalue weighted by molar-refractivity contribution is -0.137. The molecule has 4 rings (SSSR count). The fourth-order valence-corrected chi connectivity index (χ4v) is 3.77. The first-order valence-corrected chi connectivity index (χ1v) is 10.9. The van der Waals surface area contributed by atoms with Gasteiger partial charge in [-0.15, -0.1) is 5.10 Å². The average molecular weight is 474 g/mol. The number of alkyl halides is 3. The van der Waals surface area contributed by atoms with E-state index in [0.717, 1.165) is 30.9 Å². The van der Waals surface area contributed by atoms with Crippen LogP contribution in [0.1, 0.15) is 28.5 Å². The number of carbonyl (C=O) groups is 1. The van der Waals surface area contributed by atoms with Gasteiger partial charge in [0.15, 0.2) is 11.5 Å². The molecule has 3 heterocycles. The molecule has 0 spiro atoms. The van der Waals surface area contributed by atoms with Crippen LogP contribution in [0.15, 0.2) is 54.9 Å². The Balaban J connectivity index is 1.54. The quantitative estimate of drug-likeness (QED) is 0.524. The maximum absolute atomic E-state index is 13.5. The zero-order valence-electron chi connectivity index (χ0n) is 18.6. The number of halogens is 3. The minimum absolute atomic E-state index is 0.0893. The second-order valence-corrected chi connectivity index (χ2v) is 8.13. The Morgan fingerprint density at radius 1 is 1.15 bits per heavy atom. The van der Waals surface area contributed by atoms with Crippen molar-refractivity contribution in [3.05, 3.63) is 71.7 Å². The van der Waals surface area contributed by atoms with Crippen molar-refractivity contribution in [2.45, 2.75) is 25.7 Å². The van der Waals surface area contributed by atoms with Crippen LogP contribution in [0, 0.1) is 0 Å². The molecule has 34 heavy (non-hydrogen) atoms. The second kappa shape index (κ2) is 10.3. The minimum Gasteiger partial charge on any atom is -0.379 e. The summed E-state index contributed by atoms with van der Waals surface area (Å²) >= 11 is 0. The molecule has 1 atom stereocenters. The maximum Gasteiger partial charge on any atom is 0.417 e. The number of pyridine rings is 1. The predicted octanol–water partition coefficient (Wildman–Crippen LogP) is 3.04. The Morgan fingerprint density at radius 3 is 2.53 bits per heavy atom. The number of hydrogen-bond acceptors (Lipinski definition) is 6. The Bertz CT molecular complexity index is 1080. The Kier molecular flexibility index (Phi) is 7.23. The van der Waals surface area contributed by atoms with Crippen molar-refractivity contribution >= 4 is 5.91 Å². The first-order valence-electron chi connectivity index (χ1n) is 10.9. The van der Waals surface area contributed by atoms with Crippen molar-refractivity contribution in [3.63, 3.8) is 0 Å². The third kappa shape index (κ3) is 5.78. The molecule has 1 unspecified atom stereocenters. The summed E-state index contributed by atoms with van der Waals surface area (Å²) < 4.78 is 45.0. The van der Waals surface area contributed by atoms with E-state index in [1.54, 1.807) is 4.90 Å². The zero-order valence-corrected chi connectivity index (χ0v) is 18.6. The Hall–Kier alpha value is -3.31. The molecule has 1 aliphatic heterocycles. The van der Waals surface area contributed by atoms with Crippen LogP contribution in [-0.4, -0.2) is 74.6 Å². The molecule has 8 nitrogen and oxygen atoms in total. The van der Waals surface area contributed by atoms with Crippen LogP contribution in [0.3, 0.4) is 0 Å². The fraction of sp³-hybridized carbons (Fsp3) is 0.391. The average Bonchev–Trinajstić information content (AvgIpc) is 3.33. The molecule has 1 aliphatic rings. The fourth-order valence-electron chi connectivity index (χ4n) is 3.77. The summed E-state index contributed by atoms with van der Waals surface area (Å²) in [5.74, 6) is -0.182. The van der Waals surface area contributed by atoms with Crippen LogP contribution < -0.4 is 0 Å². The number of amides is 1. The number of benzene rings is 1.